The van der Waals surface area contributed by atoms with Crippen molar-refractivity contribution in [2.45, 2.75) is 62.9 Å². The minimum Gasteiger partial charge on any atom is -0.353 e. The van der Waals surface area contributed by atoms with Crippen LogP contribution >= 0.6 is 0 Å². The molecule has 1 spiro atoms. The van der Waals surface area contributed by atoms with Gasteiger partial charge in [0.05, 0.1) is 16.2 Å². The van der Waals surface area contributed by atoms with Crippen LogP contribution in [0.5, 0.6) is 0 Å². The van der Waals surface area contributed by atoms with Crippen LogP contribution in [-0.4, -0.2) is 68.5 Å². The molecule has 2 aliphatic heterocycles. The maximum Gasteiger partial charge on any atom is 0.229 e. The van der Waals surface area contributed by atoms with Crippen molar-refractivity contribution in [2.75, 3.05) is 32.4 Å². The number of piperidine rings is 1. The quantitative estimate of drug-likeness (QED) is 0.541. The van der Waals surface area contributed by atoms with Crippen molar-refractivity contribution < 1.29 is 18.0 Å². The maximum atomic E-state index is 13.4. The third-order valence-corrected chi connectivity index (χ3v) is 8.95. The van der Waals surface area contributed by atoms with Crippen LogP contribution in [0.2, 0.25) is 0 Å². The highest BCUT2D eigenvalue weighted by atomic mass is 32.2. The number of hydrogen-bond donors (Lipinski definition) is 1. The van der Waals surface area contributed by atoms with E-state index in [0.29, 0.717) is 11.4 Å². The number of hydrogen-bond acceptors (Lipinski definition) is 5. The molecule has 0 radical (unpaired) electrons. The maximum absolute atomic E-state index is 13.4. The SMILES string of the molecule is CC(C)NC(=O)C(CCN1CCC2(CC1)CCN(Cc1ccc(S(C)(=O)=O)cc1)C2=O)c1ccccc1. The van der Waals surface area contributed by atoms with Crippen LogP contribution in [0.3, 0.4) is 0 Å². The lowest BCUT2D eigenvalue weighted by molar-refractivity contribution is -0.138. The van der Waals surface area contributed by atoms with Crippen molar-refractivity contribution in [2.24, 2.45) is 5.41 Å². The van der Waals surface area contributed by atoms with Crippen molar-refractivity contribution in [3.05, 3.63) is 65.7 Å². The summed E-state index contributed by atoms with van der Waals surface area (Å²) in [6, 6.07) is 16.9. The summed E-state index contributed by atoms with van der Waals surface area (Å²) in [6.07, 6.45) is 4.49. The Morgan fingerprint density at radius 2 is 1.59 bits per heavy atom. The van der Waals surface area contributed by atoms with E-state index in [4.69, 9.17) is 0 Å². The molecular weight excluding hydrogens is 486 g/mol. The Kier molecular flexibility index (Phi) is 8.39. The molecule has 0 aromatic heterocycles. The number of carbonyl (C=O) groups excluding carboxylic acids is 2. The molecule has 2 aromatic rings. The minimum atomic E-state index is -3.23. The van der Waals surface area contributed by atoms with Gasteiger partial charge in [-0.1, -0.05) is 42.5 Å². The van der Waals surface area contributed by atoms with E-state index in [1.54, 1.807) is 24.3 Å². The molecule has 2 amide bonds. The van der Waals surface area contributed by atoms with Crippen LogP contribution in [-0.2, 0) is 26.0 Å². The number of nitrogens with one attached hydrogen (secondary N) is 1. The molecule has 0 aliphatic carbocycles. The van der Waals surface area contributed by atoms with E-state index in [1.807, 2.05) is 49.1 Å². The van der Waals surface area contributed by atoms with Gasteiger partial charge in [-0.2, -0.15) is 0 Å². The summed E-state index contributed by atoms with van der Waals surface area (Å²) in [5, 5.41) is 3.07. The van der Waals surface area contributed by atoms with Crippen molar-refractivity contribution in [3.63, 3.8) is 0 Å². The molecule has 2 saturated heterocycles. The van der Waals surface area contributed by atoms with E-state index in [-0.39, 0.29) is 29.2 Å². The topological polar surface area (TPSA) is 86.8 Å². The summed E-state index contributed by atoms with van der Waals surface area (Å²) < 4.78 is 23.4. The smallest absolute Gasteiger partial charge is 0.229 e. The standard InChI is InChI=1S/C29H39N3O4S/c1-22(2)30-27(33)26(24-7-5-4-6-8-24)13-17-31-18-14-29(15-19-31)16-20-32(28(29)34)21-23-9-11-25(12-10-23)37(3,35)36/h4-12,22,26H,13-21H2,1-3H3,(H,30,33). The molecule has 1 N–H and O–H groups in total. The van der Waals surface area contributed by atoms with Gasteiger partial charge in [0.2, 0.25) is 11.8 Å². The van der Waals surface area contributed by atoms with Gasteiger partial charge in [-0.25, -0.2) is 8.42 Å². The fraction of sp³-hybridized carbons (Fsp3) is 0.517. The van der Waals surface area contributed by atoms with Gasteiger partial charge in [0, 0.05) is 25.4 Å². The molecule has 2 aliphatic rings. The van der Waals surface area contributed by atoms with Crippen molar-refractivity contribution in [1.82, 2.24) is 15.1 Å². The summed E-state index contributed by atoms with van der Waals surface area (Å²) in [6.45, 7) is 7.75. The van der Waals surface area contributed by atoms with E-state index in [0.717, 1.165) is 63.0 Å². The zero-order valence-electron chi connectivity index (χ0n) is 22.2. The number of amides is 2. The number of likely N-dealkylation sites (tertiary alicyclic amines) is 2. The molecule has 1 atom stereocenters. The van der Waals surface area contributed by atoms with E-state index < -0.39 is 9.84 Å². The van der Waals surface area contributed by atoms with Crippen LogP contribution in [0.25, 0.3) is 0 Å². The average molecular weight is 526 g/mol. The van der Waals surface area contributed by atoms with E-state index in [1.165, 1.54) is 6.26 Å². The number of rotatable bonds is 9. The number of benzene rings is 2. The Morgan fingerprint density at radius 3 is 2.19 bits per heavy atom. The summed E-state index contributed by atoms with van der Waals surface area (Å²) in [7, 11) is -3.23. The molecule has 2 fully saturated rings. The van der Waals surface area contributed by atoms with Crippen molar-refractivity contribution in [3.8, 4) is 0 Å². The molecule has 1 unspecified atom stereocenters. The average Bonchev–Trinajstić information content (AvgIpc) is 3.15. The third-order valence-electron chi connectivity index (χ3n) is 7.82. The fourth-order valence-corrected chi connectivity index (χ4v) is 6.24. The van der Waals surface area contributed by atoms with Crippen LogP contribution in [0.1, 0.15) is 56.6 Å². The van der Waals surface area contributed by atoms with Gasteiger partial charge in [0.1, 0.15) is 0 Å². The van der Waals surface area contributed by atoms with E-state index in [9.17, 15) is 18.0 Å². The van der Waals surface area contributed by atoms with Gasteiger partial charge >= 0.3 is 0 Å². The molecule has 0 bridgehead atoms. The number of sulfone groups is 1. The van der Waals surface area contributed by atoms with Gasteiger partial charge in [0.25, 0.3) is 0 Å². The largest absolute Gasteiger partial charge is 0.353 e. The third kappa shape index (κ3) is 6.60. The van der Waals surface area contributed by atoms with Gasteiger partial charge in [-0.05, 0) is 82.4 Å². The molecule has 200 valence electrons. The highest BCUT2D eigenvalue weighted by molar-refractivity contribution is 7.90. The van der Waals surface area contributed by atoms with Gasteiger partial charge in [-0.15, -0.1) is 0 Å². The fourth-order valence-electron chi connectivity index (χ4n) is 5.61. The molecule has 8 heteroatoms. The zero-order chi connectivity index (χ0) is 26.6. The van der Waals surface area contributed by atoms with Crippen molar-refractivity contribution in [1.29, 1.82) is 0 Å². The molecular formula is C29H39N3O4S. The predicted molar refractivity (Wildman–Crippen MR) is 145 cm³/mol. The Hall–Kier alpha value is -2.71. The Labute approximate surface area is 221 Å². The molecule has 4 rings (SSSR count). The first-order valence-electron chi connectivity index (χ1n) is 13.2. The second kappa shape index (κ2) is 11.4. The van der Waals surface area contributed by atoms with Crippen molar-refractivity contribution >= 4 is 21.7 Å². The first-order chi connectivity index (χ1) is 17.6. The van der Waals surface area contributed by atoms with E-state index in [2.05, 4.69) is 10.2 Å². The molecule has 0 saturated carbocycles. The number of nitrogens with zero attached hydrogens (tertiary/aromatic N) is 2. The summed E-state index contributed by atoms with van der Waals surface area (Å²) in [5.74, 6) is 0.107. The normalized spacial score (nSPS) is 18.9. The molecule has 2 heterocycles. The first-order valence-corrected chi connectivity index (χ1v) is 15.1. The van der Waals surface area contributed by atoms with Crippen LogP contribution in [0, 0.1) is 5.41 Å². The van der Waals surface area contributed by atoms with E-state index >= 15 is 0 Å². The van der Waals surface area contributed by atoms with Crippen LogP contribution in [0.4, 0.5) is 0 Å². The second-order valence-corrected chi connectivity index (χ2v) is 12.9. The minimum absolute atomic E-state index is 0.0702. The van der Waals surface area contributed by atoms with Gasteiger partial charge in [-0.3, -0.25) is 9.59 Å². The highest BCUT2D eigenvalue weighted by Gasteiger charge is 2.47. The second-order valence-electron chi connectivity index (χ2n) is 10.9. The molecule has 2 aromatic carbocycles. The highest BCUT2D eigenvalue weighted by Crippen LogP contribution is 2.42. The zero-order valence-corrected chi connectivity index (χ0v) is 23.0. The van der Waals surface area contributed by atoms with Crippen LogP contribution < -0.4 is 5.32 Å². The summed E-state index contributed by atoms with van der Waals surface area (Å²) in [5.41, 5.74) is 1.69. The lowest BCUT2D eigenvalue weighted by Crippen LogP contribution is -2.45. The summed E-state index contributed by atoms with van der Waals surface area (Å²) >= 11 is 0. The molecule has 37 heavy (non-hydrogen) atoms. The lowest BCUT2D eigenvalue weighted by atomic mass is 9.77. The lowest BCUT2D eigenvalue weighted by Gasteiger charge is -2.38. The van der Waals surface area contributed by atoms with Crippen LogP contribution in [0.15, 0.2) is 59.5 Å². The first kappa shape index (κ1) is 27.3. The number of carbonyl (C=O) groups is 2. The van der Waals surface area contributed by atoms with Gasteiger partial charge in [0.15, 0.2) is 9.84 Å². The summed E-state index contributed by atoms with van der Waals surface area (Å²) in [4.78, 5) is 31.0. The molecule has 7 nitrogen and oxygen atoms in total. The monoisotopic (exact) mass is 525 g/mol. The Balaban J connectivity index is 1.32. The predicted octanol–water partition coefficient (Wildman–Crippen LogP) is 3.60. The Bertz CT molecular complexity index is 1190. The van der Waals surface area contributed by atoms with Gasteiger partial charge < -0.3 is 15.1 Å². The Morgan fingerprint density at radius 1 is 0.973 bits per heavy atom.